The fraction of sp³-hybridized carbons (Fsp3) is 0.400. The number of halogens is 4. The summed E-state index contributed by atoms with van der Waals surface area (Å²) >= 11 is 0. The van der Waals surface area contributed by atoms with E-state index in [1.165, 1.54) is 11.7 Å². The Labute approximate surface area is 211 Å². The van der Waals surface area contributed by atoms with Crippen LogP contribution in [0.2, 0.25) is 0 Å². The Balaban J connectivity index is 2.13. The van der Waals surface area contributed by atoms with Gasteiger partial charge in [-0.2, -0.15) is 18.2 Å². The molecule has 1 N–H and O–H groups in total. The molecule has 0 saturated carbocycles. The Bertz CT molecular complexity index is 1220. The number of allylic oxidation sites excluding steroid dienone is 2. The summed E-state index contributed by atoms with van der Waals surface area (Å²) in [5, 5.41) is 2.32. The second-order valence-corrected chi connectivity index (χ2v) is 9.16. The molecule has 0 aliphatic heterocycles. The summed E-state index contributed by atoms with van der Waals surface area (Å²) in [6, 6.07) is 8.58. The third-order valence-corrected chi connectivity index (χ3v) is 5.30. The van der Waals surface area contributed by atoms with E-state index in [2.05, 4.69) is 10.3 Å². The maximum absolute atomic E-state index is 13.7. The number of nitrogens with zero attached hydrogens (tertiary/aromatic N) is 3. The number of methoxy groups -OCH3 is 1. The van der Waals surface area contributed by atoms with Gasteiger partial charge >= 0.3 is 12.1 Å². The van der Waals surface area contributed by atoms with Crippen LogP contribution in [0.4, 0.5) is 29.3 Å². The molecule has 1 amide bonds. The van der Waals surface area contributed by atoms with Crippen LogP contribution in [-0.4, -0.2) is 67.2 Å². The summed E-state index contributed by atoms with van der Waals surface area (Å²) in [6.07, 6.45) is -5.99. The van der Waals surface area contributed by atoms with Gasteiger partial charge in [0.05, 0.1) is 12.2 Å². The molecule has 0 bridgehead atoms. The van der Waals surface area contributed by atoms with E-state index in [1.54, 1.807) is 63.2 Å². The number of nitrogens with one attached hydrogen (secondary N) is 1. The van der Waals surface area contributed by atoms with Gasteiger partial charge in [0, 0.05) is 38.9 Å². The molecule has 0 saturated heterocycles. The molecular weight excluding hydrogens is 496 g/mol. The number of carbonyl (C=O) groups excluding carboxylic acids is 2. The van der Waals surface area contributed by atoms with Crippen molar-refractivity contribution >= 4 is 23.6 Å². The van der Waals surface area contributed by atoms with Gasteiger partial charge in [-0.15, -0.1) is 0 Å². The van der Waals surface area contributed by atoms with Gasteiger partial charge in [-0.05, 0) is 32.1 Å². The predicted octanol–water partition coefficient (Wildman–Crippen LogP) is 4.62. The van der Waals surface area contributed by atoms with Gasteiger partial charge in [-0.1, -0.05) is 24.3 Å². The smallest absolute Gasteiger partial charge is 0.416 e. The van der Waals surface area contributed by atoms with Crippen LogP contribution in [0, 0.1) is 0 Å². The molecule has 0 spiro atoms. The lowest BCUT2D eigenvalue weighted by molar-refractivity contribution is -0.115. The second kappa shape index (κ2) is 10.8. The molecule has 1 aliphatic carbocycles. The lowest BCUT2D eigenvalue weighted by atomic mass is 9.95. The molecule has 3 rings (SSSR count). The molecular formula is C25H28F4N4O4. The van der Waals surface area contributed by atoms with Crippen molar-refractivity contribution in [1.82, 2.24) is 9.55 Å². The average molecular weight is 525 g/mol. The minimum Gasteiger partial charge on any atom is -0.452 e. The molecule has 1 unspecified atom stereocenters. The quantitative estimate of drug-likeness (QED) is 0.401. The highest BCUT2D eigenvalue weighted by Gasteiger charge is 2.41. The lowest BCUT2D eigenvalue weighted by Crippen LogP contribution is -2.34. The maximum atomic E-state index is 13.7. The van der Waals surface area contributed by atoms with Gasteiger partial charge in [0.2, 0.25) is 5.95 Å². The van der Waals surface area contributed by atoms with Crippen LogP contribution in [0.3, 0.4) is 0 Å². The summed E-state index contributed by atoms with van der Waals surface area (Å²) in [4.78, 5) is 32.4. The highest BCUT2D eigenvalue weighted by atomic mass is 19.4. The zero-order valence-corrected chi connectivity index (χ0v) is 21.0. The number of amides is 1. The molecule has 0 fully saturated rings. The number of esters is 1. The molecule has 1 aromatic carbocycles. The van der Waals surface area contributed by atoms with Crippen molar-refractivity contribution < 1.29 is 36.6 Å². The monoisotopic (exact) mass is 524 g/mol. The topological polar surface area (TPSA) is 85.7 Å². The van der Waals surface area contributed by atoms with Gasteiger partial charge in [-0.25, -0.2) is 9.18 Å². The molecule has 1 aromatic heterocycles. The number of carbonyl (C=O) groups is 2. The maximum Gasteiger partial charge on any atom is 0.416 e. The number of para-hydroxylation sites is 1. The zero-order valence-electron chi connectivity index (χ0n) is 21.0. The summed E-state index contributed by atoms with van der Waals surface area (Å²) in [6.45, 7) is 3.28. The van der Waals surface area contributed by atoms with E-state index in [4.69, 9.17) is 9.47 Å². The molecule has 200 valence electrons. The van der Waals surface area contributed by atoms with Crippen LogP contribution < -0.4 is 10.2 Å². The summed E-state index contributed by atoms with van der Waals surface area (Å²) in [5.74, 6) is -2.20. The largest absolute Gasteiger partial charge is 0.452 e. The normalized spacial score (nSPS) is 16.1. The van der Waals surface area contributed by atoms with Crippen LogP contribution in [-0.2, 0) is 14.3 Å². The van der Waals surface area contributed by atoms with E-state index in [-0.39, 0.29) is 24.1 Å². The molecule has 12 heteroatoms. The van der Waals surface area contributed by atoms with Gasteiger partial charge in [0.15, 0.2) is 11.5 Å². The Morgan fingerprint density at radius 3 is 2.41 bits per heavy atom. The Morgan fingerprint density at radius 1 is 1.19 bits per heavy atom. The van der Waals surface area contributed by atoms with Crippen LogP contribution >= 0.6 is 0 Å². The van der Waals surface area contributed by atoms with Crippen molar-refractivity contribution in [1.29, 1.82) is 0 Å². The van der Waals surface area contributed by atoms with Gasteiger partial charge in [0.25, 0.3) is 5.91 Å². The van der Waals surface area contributed by atoms with Crippen molar-refractivity contribution in [3.05, 3.63) is 59.3 Å². The summed E-state index contributed by atoms with van der Waals surface area (Å²) in [5.41, 5.74) is -2.97. The highest BCUT2D eigenvalue weighted by Crippen LogP contribution is 2.36. The van der Waals surface area contributed by atoms with Crippen LogP contribution in [0.15, 0.2) is 53.6 Å². The first-order valence-electron chi connectivity index (χ1n) is 11.3. The molecule has 8 nitrogen and oxygen atoms in total. The molecule has 1 heterocycles. The van der Waals surface area contributed by atoms with E-state index in [1.807, 2.05) is 0 Å². The molecule has 1 atom stereocenters. The number of alkyl halides is 4. The van der Waals surface area contributed by atoms with Crippen molar-refractivity contribution in [3.63, 3.8) is 0 Å². The molecule has 37 heavy (non-hydrogen) atoms. The molecule has 2 aromatic rings. The van der Waals surface area contributed by atoms with Crippen molar-refractivity contribution in [2.45, 2.75) is 38.2 Å². The number of aromatic nitrogens is 2. The number of ether oxygens (including phenoxy) is 2. The number of anilines is 2. The molecule has 1 aliphatic rings. The number of hydrogen-bond acceptors (Lipinski definition) is 6. The van der Waals surface area contributed by atoms with Gasteiger partial charge < -0.3 is 19.7 Å². The van der Waals surface area contributed by atoms with E-state index in [0.717, 1.165) is 6.08 Å². The Kier molecular flexibility index (Phi) is 8.11. The van der Waals surface area contributed by atoms with Gasteiger partial charge in [0.1, 0.15) is 11.8 Å². The Morgan fingerprint density at radius 2 is 1.84 bits per heavy atom. The first kappa shape index (κ1) is 27.9. The van der Waals surface area contributed by atoms with Crippen molar-refractivity contribution in [3.8, 4) is 5.69 Å². The standard InChI is InChI=1S/C25H28F4N4O4/c1-24(2,14-36-5)37-22(35)19-20(31-23(32(3)4)33(19)16-9-7-6-8-10-16)30-21(34)17-12-11-15(26)13-18(17)25(27,28)29/h6-10,12-13,15H,11,14H2,1-5H3,(H,30,34). The number of imidazole rings is 1. The van der Waals surface area contributed by atoms with Crippen LogP contribution in [0.5, 0.6) is 0 Å². The predicted molar refractivity (Wildman–Crippen MR) is 130 cm³/mol. The zero-order chi connectivity index (χ0) is 27.5. The first-order chi connectivity index (χ1) is 17.2. The SMILES string of the molecule is COCC(C)(C)OC(=O)c1c(NC(=O)C2=CCC(F)C=C2C(F)(F)F)nc(N(C)C)n1-c1ccccc1. The number of benzene rings is 1. The molecule has 0 radical (unpaired) electrons. The number of rotatable bonds is 8. The minimum atomic E-state index is -4.96. The van der Waals surface area contributed by atoms with Crippen molar-refractivity contribution in [2.75, 3.05) is 38.0 Å². The highest BCUT2D eigenvalue weighted by molar-refractivity contribution is 6.09. The third kappa shape index (κ3) is 6.37. The second-order valence-electron chi connectivity index (χ2n) is 9.16. The van der Waals surface area contributed by atoms with E-state index < -0.39 is 47.4 Å². The summed E-state index contributed by atoms with van der Waals surface area (Å²) < 4.78 is 66.5. The van der Waals surface area contributed by atoms with Crippen LogP contribution in [0.25, 0.3) is 5.69 Å². The fourth-order valence-electron chi connectivity index (χ4n) is 3.80. The Hall–Kier alpha value is -3.67. The lowest BCUT2D eigenvalue weighted by Gasteiger charge is -2.25. The van der Waals surface area contributed by atoms with E-state index in [9.17, 15) is 27.2 Å². The first-order valence-corrected chi connectivity index (χ1v) is 11.3. The summed E-state index contributed by atoms with van der Waals surface area (Å²) in [7, 11) is 4.73. The van der Waals surface area contributed by atoms with Crippen molar-refractivity contribution in [2.24, 2.45) is 0 Å². The van der Waals surface area contributed by atoms with Gasteiger partial charge in [-0.3, -0.25) is 9.36 Å². The third-order valence-electron chi connectivity index (χ3n) is 5.30. The minimum absolute atomic E-state index is 0.0530. The average Bonchev–Trinajstić information content (AvgIpc) is 3.18. The number of hydrogen-bond donors (Lipinski definition) is 1. The van der Waals surface area contributed by atoms with Crippen LogP contribution in [0.1, 0.15) is 30.8 Å². The van der Waals surface area contributed by atoms with E-state index in [0.29, 0.717) is 11.8 Å². The van der Waals surface area contributed by atoms with E-state index >= 15 is 0 Å². The fourth-order valence-corrected chi connectivity index (χ4v) is 3.80.